The summed E-state index contributed by atoms with van der Waals surface area (Å²) in [6.07, 6.45) is 4.59. The van der Waals surface area contributed by atoms with Gasteiger partial charge in [0.05, 0.1) is 16.6 Å². The average molecular weight is 398 g/mol. The van der Waals surface area contributed by atoms with Crippen molar-refractivity contribution in [3.63, 3.8) is 0 Å². The molecule has 8 heteroatoms. The number of nitrogens with one attached hydrogen (secondary N) is 1. The zero-order valence-electron chi connectivity index (χ0n) is 16.8. The van der Waals surface area contributed by atoms with Gasteiger partial charge in [-0.25, -0.2) is 15.0 Å². The second-order valence-electron chi connectivity index (χ2n) is 7.86. The fourth-order valence-electron chi connectivity index (χ4n) is 4.47. The largest absolute Gasteiger partial charge is 0.370 e. The number of anilines is 1. The fourth-order valence-corrected chi connectivity index (χ4v) is 4.47. The third kappa shape index (κ3) is 2.64. The Morgan fingerprint density at radius 1 is 0.967 bits per heavy atom. The van der Waals surface area contributed by atoms with Crippen molar-refractivity contribution in [1.82, 2.24) is 34.4 Å². The number of hydrogen-bond donors (Lipinski definition) is 1. The third-order valence-electron chi connectivity index (χ3n) is 5.98. The Hall–Kier alpha value is -3.52. The quantitative estimate of drug-likeness (QED) is 0.493. The molecular formula is C22H22N8. The first-order chi connectivity index (χ1) is 14.8. The van der Waals surface area contributed by atoms with Crippen molar-refractivity contribution in [2.75, 3.05) is 38.1 Å². The van der Waals surface area contributed by atoms with E-state index in [0.717, 1.165) is 65.9 Å². The summed E-state index contributed by atoms with van der Waals surface area (Å²) < 4.78 is 2.15. The maximum absolute atomic E-state index is 4.90. The smallest absolute Gasteiger partial charge is 0.159 e. The summed E-state index contributed by atoms with van der Waals surface area (Å²) in [5.74, 6) is 0.711. The minimum atomic E-state index is 0.711. The number of aromatic nitrogens is 6. The molecule has 0 amide bonds. The zero-order chi connectivity index (χ0) is 20.1. The molecule has 1 aliphatic rings. The minimum Gasteiger partial charge on any atom is -0.370 e. The van der Waals surface area contributed by atoms with Crippen LogP contribution in [0.3, 0.4) is 0 Å². The molecule has 0 atom stereocenters. The van der Waals surface area contributed by atoms with Gasteiger partial charge < -0.3 is 9.80 Å². The van der Waals surface area contributed by atoms with E-state index in [0.29, 0.717) is 5.82 Å². The van der Waals surface area contributed by atoms with E-state index >= 15 is 0 Å². The molecule has 1 N–H and O–H groups in total. The summed E-state index contributed by atoms with van der Waals surface area (Å²) in [7, 11) is 2.19. The monoisotopic (exact) mass is 398 g/mol. The lowest BCUT2D eigenvalue weighted by Crippen LogP contribution is -2.29. The number of para-hydroxylation sites is 2. The Kier molecular flexibility index (Phi) is 3.92. The number of H-pyrrole nitrogens is 1. The molecule has 8 nitrogen and oxygen atoms in total. The molecule has 5 aromatic rings. The molecule has 5 heterocycles. The molecule has 0 unspecified atom stereocenters. The van der Waals surface area contributed by atoms with Gasteiger partial charge in [-0.3, -0.25) is 9.50 Å². The molecule has 0 radical (unpaired) electrons. The van der Waals surface area contributed by atoms with Crippen molar-refractivity contribution < 1.29 is 0 Å². The fraction of sp³-hybridized carbons (Fsp3) is 0.273. The molecule has 1 aliphatic heterocycles. The normalized spacial score (nSPS) is 16.0. The summed E-state index contributed by atoms with van der Waals surface area (Å²) in [6.45, 7) is 4.20. The zero-order valence-corrected chi connectivity index (χ0v) is 16.8. The Morgan fingerprint density at radius 2 is 1.90 bits per heavy atom. The van der Waals surface area contributed by atoms with E-state index < -0.39 is 0 Å². The van der Waals surface area contributed by atoms with Gasteiger partial charge in [-0.2, -0.15) is 5.10 Å². The van der Waals surface area contributed by atoms with Gasteiger partial charge in [-0.15, -0.1) is 0 Å². The van der Waals surface area contributed by atoms with Crippen LogP contribution in [0, 0.1) is 0 Å². The predicted molar refractivity (Wildman–Crippen MR) is 118 cm³/mol. The Labute approximate surface area is 173 Å². The third-order valence-corrected chi connectivity index (χ3v) is 5.98. The Balaban J connectivity index is 1.69. The van der Waals surface area contributed by atoms with Crippen LogP contribution in [-0.2, 0) is 0 Å². The standard InChI is InChI=1S/C22H22N8/c1-28-9-4-10-29(12-11-28)18-7-8-23-21-15(18)13-16(20-24-14-25-27-20)22-26-17-5-2-3-6-19(17)30(21)22/h2-3,5-8,13-14H,4,9-12H2,1H3,(H,24,25,27). The average Bonchev–Trinajstić information content (AvgIpc) is 3.38. The van der Waals surface area contributed by atoms with Crippen molar-refractivity contribution >= 4 is 33.4 Å². The number of likely N-dealkylation sites (N-methyl/N-ethyl adjacent to an activating group) is 1. The molecule has 1 saturated heterocycles. The van der Waals surface area contributed by atoms with Crippen LogP contribution in [0.1, 0.15) is 6.42 Å². The van der Waals surface area contributed by atoms with E-state index in [2.05, 4.69) is 54.6 Å². The Bertz CT molecular complexity index is 1350. The highest BCUT2D eigenvalue weighted by molar-refractivity contribution is 6.00. The lowest BCUT2D eigenvalue weighted by atomic mass is 10.1. The van der Waals surface area contributed by atoms with E-state index in [4.69, 9.17) is 9.97 Å². The number of imidazole rings is 1. The molecule has 0 aliphatic carbocycles. The molecular weight excluding hydrogens is 376 g/mol. The van der Waals surface area contributed by atoms with Crippen LogP contribution in [0.5, 0.6) is 0 Å². The SMILES string of the molecule is CN1CCCN(c2ccnc3c2cc(-c2ncn[nH]2)c2nc4ccccc4n23)CC1. The molecule has 0 spiro atoms. The van der Waals surface area contributed by atoms with Gasteiger partial charge in [0.2, 0.25) is 0 Å². The number of rotatable bonds is 2. The van der Waals surface area contributed by atoms with Crippen LogP contribution in [0.2, 0.25) is 0 Å². The van der Waals surface area contributed by atoms with Crippen LogP contribution < -0.4 is 4.90 Å². The number of fused-ring (bicyclic) bond motifs is 5. The van der Waals surface area contributed by atoms with Crippen molar-refractivity contribution in [3.8, 4) is 11.4 Å². The highest BCUT2D eigenvalue weighted by Gasteiger charge is 2.20. The second kappa shape index (κ2) is 6.77. The number of aromatic amines is 1. The molecule has 150 valence electrons. The van der Waals surface area contributed by atoms with Gasteiger partial charge in [0.15, 0.2) is 11.5 Å². The van der Waals surface area contributed by atoms with Gasteiger partial charge in [0.25, 0.3) is 0 Å². The van der Waals surface area contributed by atoms with Gasteiger partial charge in [0.1, 0.15) is 12.0 Å². The van der Waals surface area contributed by atoms with Crippen molar-refractivity contribution in [2.45, 2.75) is 6.42 Å². The molecule has 1 fully saturated rings. The van der Waals surface area contributed by atoms with Gasteiger partial charge in [-0.05, 0) is 44.3 Å². The highest BCUT2D eigenvalue weighted by Crippen LogP contribution is 2.34. The molecule has 30 heavy (non-hydrogen) atoms. The first kappa shape index (κ1) is 17.3. The lowest BCUT2D eigenvalue weighted by Gasteiger charge is -2.24. The first-order valence-corrected chi connectivity index (χ1v) is 10.3. The van der Waals surface area contributed by atoms with E-state index in [1.54, 1.807) is 0 Å². The number of benzene rings is 1. The minimum absolute atomic E-state index is 0.711. The molecule has 1 aromatic carbocycles. The predicted octanol–water partition coefficient (Wildman–Crippen LogP) is 2.96. The molecule has 0 bridgehead atoms. The summed E-state index contributed by atoms with van der Waals surface area (Å²) in [5, 5.41) is 8.18. The number of nitrogens with zero attached hydrogens (tertiary/aromatic N) is 7. The maximum atomic E-state index is 4.90. The lowest BCUT2D eigenvalue weighted by molar-refractivity contribution is 0.360. The van der Waals surface area contributed by atoms with Gasteiger partial charge in [0, 0.05) is 36.9 Å². The Morgan fingerprint density at radius 3 is 2.80 bits per heavy atom. The van der Waals surface area contributed by atoms with Gasteiger partial charge in [-0.1, -0.05) is 12.1 Å². The van der Waals surface area contributed by atoms with Crippen LogP contribution in [0.4, 0.5) is 5.69 Å². The van der Waals surface area contributed by atoms with Crippen molar-refractivity contribution in [2.24, 2.45) is 0 Å². The molecule has 4 aromatic heterocycles. The topological polar surface area (TPSA) is 78.2 Å². The van der Waals surface area contributed by atoms with Crippen LogP contribution in [-0.4, -0.2) is 67.7 Å². The summed E-state index contributed by atoms with van der Waals surface area (Å²) in [6, 6.07) is 12.5. The highest BCUT2D eigenvalue weighted by atomic mass is 15.2. The van der Waals surface area contributed by atoms with Gasteiger partial charge >= 0.3 is 0 Å². The van der Waals surface area contributed by atoms with Crippen molar-refractivity contribution in [1.29, 1.82) is 0 Å². The molecule has 0 saturated carbocycles. The summed E-state index contributed by atoms with van der Waals surface area (Å²) >= 11 is 0. The van der Waals surface area contributed by atoms with E-state index in [9.17, 15) is 0 Å². The van der Waals surface area contributed by atoms with Crippen LogP contribution in [0.15, 0.2) is 48.9 Å². The first-order valence-electron chi connectivity index (χ1n) is 10.3. The number of pyridine rings is 2. The summed E-state index contributed by atoms with van der Waals surface area (Å²) in [4.78, 5) is 19.0. The van der Waals surface area contributed by atoms with Crippen LogP contribution in [0.25, 0.3) is 39.1 Å². The van der Waals surface area contributed by atoms with E-state index in [-0.39, 0.29) is 0 Å². The maximum Gasteiger partial charge on any atom is 0.159 e. The van der Waals surface area contributed by atoms with Crippen molar-refractivity contribution in [3.05, 3.63) is 48.9 Å². The second-order valence-corrected chi connectivity index (χ2v) is 7.86. The summed E-state index contributed by atoms with van der Waals surface area (Å²) in [5.41, 5.74) is 5.86. The van der Waals surface area contributed by atoms with E-state index in [1.807, 2.05) is 24.4 Å². The number of hydrogen-bond acceptors (Lipinski definition) is 6. The molecule has 6 rings (SSSR count). The van der Waals surface area contributed by atoms with Crippen LogP contribution >= 0.6 is 0 Å². The van der Waals surface area contributed by atoms with E-state index in [1.165, 1.54) is 12.0 Å².